The van der Waals surface area contributed by atoms with Crippen LogP contribution in [0.3, 0.4) is 0 Å². The third-order valence-corrected chi connectivity index (χ3v) is 7.60. The van der Waals surface area contributed by atoms with Gasteiger partial charge in [-0.3, -0.25) is 9.78 Å². The van der Waals surface area contributed by atoms with E-state index in [0.717, 1.165) is 36.3 Å². The lowest BCUT2D eigenvalue weighted by Crippen LogP contribution is -2.40. The van der Waals surface area contributed by atoms with Crippen molar-refractivity contribution in [2.75, 3.05) is 19.7 Å². The molecular formula is C25H26N2O4. The van der Waals surface area contributed by atoms with Crippen molar-refractivity contribution in [2.24, 2.45) is 5.41 Å². The largest absolute Gasteiger partial charge is 0.493 e. The van der Waals surface area contributed by atoms with Crippen LogP contribution in [-0.2, 0) is 20.5 Å². The predicted molar refractivity (Wildman–Crippen MR) is 113 cm³/mol. The highest BCUT2D eigenvalue weighted by Gasteiger charge is 2.57. The Bertz CT molecular complexity index is 1070. The van der Waals surface area contributed by atoms with Crippen molar-refractivity contribution in [2.45, 2.75) is 50.0 Å². The standard InChI is InChI=1S/C25H26N2O4/c1-23(7-8-23)16-30-18-4-2-17(3-5-18)24(9-10-24)22(29)27-13-11-25(15-27)20-6-12-26-14-19(20)21(28)31-25/h2-6,12,14H,7-11,13,15-16H2,1H3. The van der Waals surface area contributed by atoms with Crippen LogP contribution in [0.25, 0.3) is 0 Å². The van der Waals surface area contributed by atoms with Crippen molar-refractivity contribution >= 4 is 11.9 Å². The molecular weight excluding hydrogens is 392 g/mol. The highest BCUT2D eigenvalue weighted by Crippen LogP contribution is 2.52. The van der Waals surface area contributed by atoms with Gasteiger partial charge in [-0.15, -0.1) is 0 Å². The molecule has 3 heterocycles. The Labute approximate surface area is 181 Å². The summed E-state index contributed by atoms with van der Waals surface area (Å²) in [6, 6.07) is 9.90. The number of esters is 1. The van der Waals surface area contributed by atoms with Gasteiger partial charge in [-0.05, 0) is 49.4 Å². The maximum absolute atomic E-state index is 13.6. The molecule has 6 nitrogen and oxygen atoms in total. The number of rotatable bonds is 5. The van der Waals surface area contributed by atoms with E-state index in [1.807, 2.05) is 35.2 Å². The number of pyridine rings is 1. The number of ether oxygens (including phenoxy) is 2. The SMILES string of the molecule is CC1(COc2ccc(C3(C(=O)N4CCC5(C4)OC(=O)c4cnccc45)CC3)cc2)CC1. The first-order valence-electron chi connectivity index (χ1n) is 11.1. The minimum atomic E-state index is -0.724. The molecule has 2 aliphatic carbocycles. The summed E-state index contributed by atoms with van der Waals surface area (Å²) in [6.07, 6.45) is 8.05. The molecule has 2 aliphatic heterocycles. The van der Waals surface area contributed by atoms with Crippen LogP contribution in [0.15, 0.2) is 42.7 Å². The fourth-order valence-electron chi connectivity index (χ4n) is 5.04. The molecule has 6 heteroatoms. The number of aromatic nitrogens is 1. The van der Waals surface area contributed by atoms with Gasteiger partial charge < -0.3 is 14.4 Å². The molecule has 1 unspecified atom stereocenters. The summed E-state index contributed by atoms with van der Waals surface area (Å²) in [4.78, 5) is 31.8. The number of likely N-dealkylation sites (tertiary alicyclic amines) is 1. The number of nitrogens with zero attached hydrogens (tertiary/aromatic N) is 2. The summed E-state index contributed by atoms with van der Waals surface area (Å²) in [5.41, 5.74) is 1.60. The summed E-state index contributed by atoms with van der Waals surface area (Å²) in [6.45, 7) is 4.01. The monoisotopic (exact) mass is 418 g/mol. The molecule has 1 aromatic carbocycles. The van der Waals surface area contributed by atoms with E-state index in [1.54, 1.807) is 12.4 Å². The quantitative estimate of drug-likeness (QED) is 0.694. The predicted octanol–water partition coefficient (Wildman–Crippen LogP) is 3.59. The Morgan fingerprint density at radius 1 is 1.13 bits per heavy atom. The van der Waals surface area contributed by atoms with Gasteiger partial charge in [0.15, 0.2) is 5.60 Å². The Hall–Kier alpha value is -2.89. The van der Waals surface area contributed by atoms with E-state index in [0.29, 0.717) is 30.5 Å². The van der Waals surface area contributed by atoms with Gasteiger partial charge in [-0.1, -0.05) is 19.1 Å². The molecule has 1 saturated heterocycles. The van der Waals surface area contributed by atoms with Crippen LogP contribution in [-0.4, -0.2) is 41.5 Å². The molecule has 0 radical (unpaired) electrons. The number of carbonyl (C=O) groups excluding carboxylic acids is 2. The normalized spacial score (nSPS) is 26.5. The van der Waals surface area contributed by atoms with Crippen molar-refractivity contribution in [3.63, 3.8) is 0 Å². The molecule has 6 rings (SSSR count). The fourth-order valence-corrected chi connectivity index (χ4v) is 5.04. The molecule has 0 bridgehead atoms. The van der Waals surface area contributed by atoms with E-state index >= 15 is 0 Å². The summed E-state index contributed by atoms with van der Waals surface area (Å²) in [5, 5.41) is 0. The minimum absolute atomic E-state index is 0.141. The number of fused-ring (bicyclic) bond motifs is 2. The van der Waals surface area contributed by atoms with Crippen molar-refractivity contribution < 1.29 is 19.1 Å². The smallest absolute Gasteiger partial charge is 0.341 e. The Morgan fingerprint density at radius 3 is 2.61 bits per heavy atom. The molecule has 0 N–H and O–H groups in total. The maximum atomic E-state index is 13.6. The van der Waals surface area contributed by atoms with Gasteiger partial charge >= 0.3 is 5.97 Å². The molecule has 31 heavy (non-hydrogen) atoms. The molecule has 3 fully saturated rings. The van der Waals surface area contributed by atoms with Crippen LogP contribution in [0.4, 0.5) is 0 Å². The second-order valence-electron chi connectivity index (χ2n) is 9.99. The molecule has 160 valence electrons. The van der Waals surface area contributed by atoms with Crippen LogP contribution in [0, 0.1) is 5.41 Å². The van der Waals surface area contributed by atoms with Gasteiger partial charge in [-0.25, -0.2) is 4.79 Å². The number of carbonyl (C=O) groups is 2. The third-order valence-electron chi connectivity index (χ3n) is 7.60. The second kappa shape index (κ2) is 6.31. The Morgan fingerprint density at radius 2 is 1.90 bits per heavy atom. The van der Waals surface area contributed by atoms with Crippen LogP contribution in [0.5, 0.6) is 5.75 Å². The zero-order valence-electron chi connectivity index (χ0n) is 17.7. The average molecular weight is 418 g/mol. The first-order chi connectivity index (χ1) is 14.9. The zero-order valence-corrected chi connectivity index (χ0v) is 17.7. The van der Waals surface area contributed by atoms with Crippen LogP contribution >= 0.6 is 0 Å². The van der Waals surface area contributed by atoms with Gasteiger partial charge in [0.2, 0.25) is 5.91 Å². The first-order valence-corrected chi connectivity index (χ1v) is 11.1. The Balaban J connectivity index is 1.18. The summed E-state index contributed by atoms with van der Waals surface area (Å²) < 4.78 is 11.7. The second-order valence-corrected chi connectivity index (χ2v) is 9.99. The van der Waals surface area contributed by atoms with E-state index in [4.69, 9.17) is 9.47 Å². The average Bonchev–Trinajstić information content (AvgIpc) is 3.69. The van der Waals surface area contributed by atoms with E-state index < -0.39 is 11.0 Å². The summed E-state index contributed by atoms with van der Waals surface area (Å²) >= 11 is 0. The van der Waals surface area contributed by atoms with E-state index in [9.17, 15) is 9.59 Å². The Kier molecular flexibility index (Phi) is 3.84. The maximum Gasteiger partial charge on any atom is 0.341 e. The van der Waals surface area contributed by atoms with Gasteiger partial charge in [0.1, 0.15) is 5.75 Å². The number of hydrogen-bond donors (Lipinski definition) is 0. The topological polar surface area (TPSA) is 68.7 Å². The fraction of sp³-hybridized carbons (Fsp3) is 0.480. The van der Waals surface area contributed by atoms with Gasteiger partial charge in [0, 0.05) is 36.3 Å². The molecule has 1 atom stereocenters. The van der Waals surface area contributed by atoms with E-state index in [2.05, 4.69) is 11.9 Å². The van der Waals surface area contributed by atoms with Crippen molar-refractivity contribution in [1.82, 2.24) is 9.88 Å². The summed E-state index contributed by atoms with van der Waals surface area (Å²) in [5.74, 6) is 0.666. The highest BCUT2D eigenvalue weighted by atomic mass is 16.6. The third kappa shape index (κ3) is 2.95. The van der Waals surface area contributed by atoms with Crippen molar-refractivity contribution in [3.05, 3.63) is 59.4 Å². The number of hydrogen-bond acceptors (Lipinski definition) is 5. The first kappa shape index (κ1) is 18.8. The van der Waals surface area contributed by atoms with Gasteiger partial charge in [0.25, 0.3) is 0 Å². The zero-order chi connectivity index (χ0) is 21.3. The summed E-state index contributed by atoms with van der Waals surface area (Å²) in [7, 11) is 0. The van der Waals surface area contributed by atoms with Crippen LogP contribution < -0.4 is 4.74 Å². The van der Waals surface area contributed by atoms with Crippen LogP contribution in [0.2, 0.25) is 0 Å². The molecule has 1 amide bonds. The van der Waals surface area contributed by atoms with Gasteiger partial charge in [0.05, 0.1) is 24.1 Å². The lowest BCUT2D eigenvalue weighted by Gasteiger charge is -2.27. The van der Waals surface area contributed by atoms with E-state index in [1.165, 1.54) is 12.8 Å². The molecule has 4 aliphatic rings. The molecule has 1 aromatic heterocycles. The molecule has 1 spiro atoms. The number of amides is 1. The lowest BCUT2D eigenvalue weighted by atomic mass is 9.92. The van der Waals surface area contributed by atoms with Crippen LogP contribution in [0.1, 0.15) is 60.5 Å². The van der Waals surface area contributed by atoms with E-state index in [-0.39, 0.29) is 11.9 Å². The van der Waals surface area contributed by atoms with Crippen molar-refractivity contribution in [1.29, 1.82) is 0 Å². The van der Waals surface area contributed by atoms with Gasteiger partial charge in [-0.2, -0.15) is 0 Å². The minimum Gasteiger partial charge on any atom is -0.493 e. The lowest BCUT2D eigenvalue weighted by molar-refractivity contribution is -0.134. The van der Waals surface area contributed by atoms with Crippen molar-refractivity contribution in [3.8, 4) is 5.75 Å². The molecule has 2 aromatic rings. The molecule has 2 saturated carbocycles. The highest BCUT2D eigenvalue weighted by molar-refractivity contribution is 5.95. The number of benzene rings is 1.